The van der Waals surface area contributed by atoms with Gasteiger partial charge in [0.25, 0.3) is 0 Å². The van der Waals surface area contributed by atoms with E-state index < -0.39 is 6.17 Å². The quantitative estimate of drug-likeness (QED) is 0.731. The molecule has 3 heteroatoms. The van der Waals surface area contributed by atoms with Gasteiger partial charge in [-0.3, -0.25) is 4.79 Å². The number of benzene rings is 1. The Morgan fingerprint density at radius 3 is 2.62 bits per heavy atom. The minimum Gasteiger partial charge on any atom is -0.300 e. The van der Waals surface area contributed by atoms with Gasteiger partial charge in [-0.25, -0.2) is 4.39 Å². The van der Waals surface area contributed by atoms with Gasteiger partial charge in [0.2, 0.25) is 0 Å². The van der Waals surface area contributed by atoms with Crippen LogP contribution in [0.25, 0.3) is 0 Å². The Hall–Kier alpha value is -1.22. The van der Waals surface area contributed by atoms with Crippen molar-refractivity contribution in [3.05, 3.63) is 35.4 Å². The molecule has 2 unspecified atom stereocenters. The number of carbonyl (C=O) groups excluding carboxylic acids is 1. The number of halogens is 1. The minimum absolute atomic E-state index is 0.0120. The molecule has 2 nitrogen and oxygen atoms in total. The lowest BCUT2D eigenvalue weighted by Crippen LogP contribution is -2.29. The molecule has 1 aromatic rings. The summed E-state index contributed by atoms with van der Waals surface area (Å²) in [6, 6.07) is 6.75. The summed E-state index contributed by atoms with van der Waals surface area (Å²) in [5.74, 6) is 0. The van der Waals surface area contributed by atoms with Crippen LogP contribution in [0.5, 0.6) is 0 Å². The number of hydrogen-bond acceptors (Lipinski definition) is 2. The fourth-order valence-electron chi connectivity index (χ4n) is 2.29. The molecule has 1 aromatic carbocycles. The topological polar surface area (TPSA) is 20.3 Å². The molecule has 0 saturated carbocycles. The number of carbonyl (C=O) groups is 1. The van der Waals surface area contributed by atoms with Crippen LogP contribution in [-0.2, 0) is 0 Å². The zero-order valence-corrected chi connectivity index (χ0v) is 9.40. The molecule has 1 aliphatic rings. The van der Waals surface area contributed by atoms with E-state index in [1.54, 1.807) is 24.3 Å². The average molecular weight is 221 g/mol. The maximum absolute atomic E-state index is 14.2. The van der Waals surface area contributed by atoms with E-state index in [4.69, 9.17) is 0 Å². The molecule has 0 aromatic heterocycles. The molecule has 2 rings (SSSR count). The summed E-state index contributed by atoms with van der Waals surface area (Å²) in [7, 11) is 1.96. The molecule has 0 radical (unpaired) electrons. The van der Waals surface area contributed by atoms with Crippen LogP contribution in [0.3, 0.4) is 0 Å². The van der Waals surface area contributed by atoms with E-state index in [9.17, 15) is 9.18 Å². The fourth-order valence-corrected chi connectivity index (χ4v) is 2.29. The maximum Gasteiger partial charge on any atom is 0.150 e. The first-order chi connectivity index (χ1) is 7.72. The minimum atomic E-state index is -0.951. The SMILES string of the molecule is CN1CCCC1C(F)c1ccc(C=O)cc1. The first-order valence-corrected chi connectivity index (χ1v) is 5.62. The molecule has 0 bridgehead atoms. The Morgan fingerprint density at radius 1 is 1.44 bits per heavy atom. The van der Waals surface area contributed by atoms with Crippen LogP contribution < -0.4 is 0 Å². The van der Waals surface area contributed by atoms with Crippen LogP contribution in [0, 0.1) is 0 Å². The number of rotatable bonds is 3. The summed E-state index contributed by atoms with van der Waals surface area (Å²) in [5, 5.41) is 0. The summed E-state index contributed by atoms with van der Waals surface area (Å²) in [6.07, 6.45) is 1.80. The van der Waals surface area contributed by atoms with Crippen molar-refractivity contribution in [2.75, 3.05) is 13.6 Å². The molecule has 1 heterocycles. The van der Waals surface area contributed by atoms with Gasteiger partial charge < -0.3 is 4.90 Å². The normalized spacial score (nSPS) is 23.2. The highest BCUT2D eigenvalue weighted by Gasteiger charge is 2.30. The summed E-state index contributed by atoms with van der Waals surface area (Å²) in [4.78, 5) is 12.6. The van der Waals surface area contributed by atoms with Crippen molar-refractivity contribution < 1.29 is 9.18 Å². The van der Waals surface area contributed by atoms with Crippen molar-refractivity contribution in [3.8, 4) is 0 Å². The molecule has 0 spiro atoms. The average Bonchev–Trinajstić information content (AvgIpc) is 2.75. The van der Waals surface area contributed by atoms with Crippen molar-refractivity contribution in [2.24, 2.45) is 0 Å². The van der Waals surface area contributed by atoms with Gasteiger partial charge >= 0.3 is 0 Å². The summed E-state index contributed by atoms with van der Waals surface area (Å²) in [5.41, 5.74) is 1.26. The second kappa shape index (κ2) is 4.74. The van der Waals surface area contributed by atoms with E-state index >= 15 is 0 Å². The van der Waals surface area contributed by atoms with Crippen LogP contribution in [-0.4, -0.2) is 30.8 Å². The third-order valence-corrected chi connectivity index (χ3v) is 3.31. The Bertz CT molecular complexity index is 363. The molecular weight excluding hydrogens is 205 g/mol. The van der Waals surface area contributed by atoms with Crippen molar-refractivity contribution in [3.63, 3.8) is 0 Å². The highest BCUT2D eigenvalue weighted by molar-refractivity contribution is 5.74. The van der Waals surface area contributed by atoms with Gasteiger partial charge in [-0.05, 0) is 32.0 Å². The summed E-state index contributed by atoms with van der Waals surface area (Å²) >= 11 is 0. The van der Waals surface area contributed by atoms with Gasteiger partial charge in [0.05, 0.1) is 0 Å². The first-order valence-electron chi connectivity index (χ1n) is 5.62. The number of likely N-dealkylation sites (N-methyl/N-ethyl adjacent to an activating group) is 1. The third kappa shape index (κ3) is 2.14. The maximum atomic E-state index is 14.2. The molecule has 0 aliphatic carbocycles. The summed E-state index contributed by atoms with van der Waals surface area (Å²) in [6.45, 7) is 0.970. The Morgan fingerprint density at radius 2 is 2.12 bits per heavy atom. The molecule has 0 N–H and O–H groups in total. The third-order valence-electron chi connectivity index (χ3n) is 3.31. The monoisotopic (exact) mass is 221 g/mol. The highest BCUT2D eigenvalue weighted by Crippen LogP contribution is 2.31. The van der Waals surface area contributed by atoms with Crippen LogP contribution in [0.15, 0.2) is 24.3 Å². The second-order valence-electron chi connectivity index (χ2n) is 4.38. The summed E-state index contributed by atoms with van der Waals surface area (Å²) < 4.78 is 14.2. The predicted octanol–water partition coefficient (Wildman–Crippen LogP) is 2.60. The number of hydrogen-bond donors (Lipinski definition) is 0. The standard InChI is InChI=1S/C13H16FNO/c1-15-8-2-3-12(15)13(14)11-6-4-10(9-16)5-7-11/h4-7,9,12-13H,2-3,8H2,1H3. The van der Waals surface area contributed by atoms with Crippen molar-refractivity contribution >= 4 is 6.29 Å². The Kier molecular flexibility index (Phi) is 3.34. The zero-order valence-electron chi connectivity index (χ0n) is 9.40. The van der Waals surface area contributed by atoms with Gasteiger partial charge in [0.15, 0.2) is 0 Å². The molecule has 1 aliphatic heterocycles. The van der Waals surface area contributed by atoms with Crippen molar-refractivity contribution in [2.45, 2.75) is 25.1 Å². The molecule has 1 fully saturated rings. The lowest BCUT2D eigenvalue weighted by atomic mass is 10.0. The van der Waals surface area contributed by atoms with Crippen LogP contribution >= 0.6 is 0 Å². The second-order valence-corrected chi connectivity index (χ2v) is 4.38. The van der Waals surface area contributed by atoms with E-state index in [2.05, 4.69) is 4.90 Å². The molecule has 1 saturated heterocycles. The highest BCUT2D eigenvalue weighted by atomic mass is 19.1. The van der Waals surface area contributed by atoms with Gasteiger partial charge in [-0.15, -0.1) is 0 Å². The Labute approximate surface area is 95.1 Å². The predicted molar refractivity (Wildman–Crippen MR) is 61.3 cm³/mol. The molecule has 16 heavy (non-hydrogen) atoms. The van der Waals surface area contributed by atoms with Gasteiger partial charge in [0, 0.05) is 11.6 Å². The molecule has 86 valence electrons. The van der Waals surface area contributed by atoms with Crippen molar-refractivity contribution in [1.29, 1.82) is 0 Å². The van der Waals surface area contributed by atoms with E-state index in [1.165, 1.54) is 0 Å². The number of alkyl halides is 1. The first kappa shape index (κ1) is 11.3. The molecule has 0 amide bonds. The van der Waals surface area contributed by atoms with Crippen molar-refractivity contribution in [1.82, 2.24) is 4.90 Å². The zero-order chi connectivity index (χ0) is 11.5. The lowest BCUT2D eigenvalue weighted by Gasteiger charge is -2.23. The lowest BCUT2D eigenvalue weighted by molar-refractivity contribution is 0.112. The molecule has 2 atom stereocenters. The fraction of sp³-hybridized carbons (Fsp3) is 0.462. The van der Waals surface area contributed by atoms with E-state index in [0.717, 1.165) is 25.7 Å². The largest absolute Gasteiger partial charge is 0.300 e. The van der Waals surface area contributed by atoms with Gasteiger partial charge in [-0.2, -0.15) is 0 Å². The van der Waals surface area contributed by atoms with Crippen LogP contribution in [0.1, 0.15) is 34.9 Å². The van der Waals surface area contributed by atoms with Crippen LogP contribution in [0.2, 0.25) is 0 Å². The van der Waals surface area contributed by atoms with Crippen LogP contribution in [0.4, 0.5) is 4.39 Å². The Balaban J connectivity index is 2.13. The number of likely N-dealkylation sites (tertiary alicyclic amines) is 1. The van der Waals surface area contributed by atoms with E-state index in [1.807, 2.05) is 7.05 Å². The molecular formula is C13H16FNO. The van der Waals surface area contributed by atoms with Gasteiger partial charge in [0.1, 0.15) is 12.5 Å². The smallest absolute Gasteiger partial charge is 0.150 e. The number of nitrogens with zero attached hydrogens (tertiary/aromatic N) is 1. The van der Waals surface area contributed by atoms with E-state index in [0.29, 0.717) is 11.1 Å². The van der Waals surface area contributed by atoms with Gasteiger partial charge in [-0.1, -0.05) is 24.3 Å². The van der Waals surface area contributed by atoms with E-state index in [-0.39, 0.29) is 6.04 Å². The number of aldehydes is 1.